The van der Waals surface area contributed by atoms with E-state index in [0.717, 1.165) is 18.9 Å². The first-order chi connectivity index (χ1) is 12.2. The molecule has 2 aliphatic rings. The van der Waals surface area contributed by atoms with Crippen LogP contribution in [0.15, 0.2) is 42.9 Å². The molecular formula is C21H29N3O. The van der Waals surface area contributed by atoms with Crippen LogP contribution in [0.1, 0.15) is 44.2 Å². The van der Waals surface area contributed by atoms with Crippen molar-refractivity contribution in [3.63, 3.8) is 0 Å². The van der Waals surface area contributed by atoms with Crippen molar-refractivity contribution in [1.29, 1.82) is 0 Å². The molecule has 1 aliphatic carbocycles. The SMILES string of the molecule is Cn1cccc1CN1CC2(CCCCC2)CC1COc1ccncc1. The lowest BCUT2D eigenvalue weighted by Gasteiger charge is -2.33. The Kier molecular flexibility index (Phi) is 4.80. The van der Waals surface area contributed by atoms with Gasteiger partial charge in [-0.05, 0) is 48.9 Å². The van der Waals surface area contributed by atoms with E-state index < -0.39 is 0 Å². The Morgan fingerprint density at radius 1 is 1.16 bits per heavy atom. The molecule has 0 N–H and O–H groups in total. The summed E-state index contributed by atoms with van der Waals surface area (Å²) in [7, 11) is 2.14. The summed E-state index contributed by atoms with van der Waals surface area (Å²) in [6.45, 7) is 3.02. The van der Waals surface area contributed by atoms with E-state index >= 15 is 0 Å². The smallest absolute Gasteiger partial charge is 0.122 e. The summed E-state index contributed by atoms with van der Waals surface area (Å²) in [5.74, 6) is 0.929. The molecule has 3 heterocycles. The molecule has 1 saturated carbocycles. The van der Waals surface area contributed by atoms with E-state index in [9.17, 15) is 0 Å². The first-order valence-electron chi connectivity index (χ1n) is 9.61. The van der Waals surface area contributed by atoms with Crippen molar-refractivity contribution in [2.24, 2.45) is 12.5 Å². The summed E-state index contributed by atoms with van der Waals surface area (Å²) in [5, 5.41) is 0. The summed E-state index contributed by atoms with van der Waals surface area (Å²) >= 11 is 0. The van der Waals surface area contributed by atoms with Crippen molar-refractivity contribution in [3.8, 4) is 5.75 Å². The second-order valence-electron chi connectivity index (χ2n) is 7.93. The summed E-state index contributed by atoms with van der Waals surface area (Å²) in [6.07, 6.45) is 14.0. The number of nitrogens with zero attached hydrogens (tertiary/aromatic N) is 3. The fraction of sp³-hybridized carbons (Fsp3) is 0.571. The topological polar surface area (TPSA) is 30.3 Å². The minimum atomic E-state index is 0.501. The molecule has 1 atom stereocenters. The highest BCUT2D eigenvalue weighted by Gasteiger charge is 2.44. The van der Waals surface area contributed by atoms with Gasteiger partial charge in [-0.25, -0.2) is 0 Å². The van der Waals surface area contributed by atoms with Crippen LogP contribution >= 0.6 is 0 Å². The first-order valence-corrected chi connectivity index (χ1v) is 9.61. The molecule has 25 heavy (non-hydrogen) atoms. The maximum atomic E-state index is 6.12. The molecule has 134 valence electrons. The molecule has 2 aromatic rings. The van der Waals surface area contributed by atoms with Gasteiger partial charge in [0.1, 0.15) is 12.4 Å². The molecular weight excluding hydrogens is 310 g/mol. The van der Waals surface area contributed by atoms with Crippen LogP contribution in [0.2, 0.25) is 0 Å². The van der Waals surface area contributed by atoms with Gasteiger partial charge in [-0.15, -0.1) is 0 Å². The molecule has 1 saturated heterocycles. The fourth-order valence-corrected chi connectivity index (χ4v) is 4.76. The maximum absolute atomic E-state index is 6.12. The molecule has 4 rings (SSSR count). The predicted octanol–water partition coefficient (Wildman–Crippen LogP) is 4.02. The monoisotopic (exact) mass is 339 g/mol. The molecule has 0 amide bonds. The van der Waals surface area contributed by atoms with Crippen LogP contribution in [0, 0.1) is 5.41 Å². The van der Waals surface area contributed by atoms with Crippen molar-refractivity contribution in [3.05, 3.63) is 48.5 Å². The van der Waals surface area contributed by atoms with Crippen LogP contribution in [-0.4, -0.2) is 33.6 Å². The van der Waals surface area contributed by atoms with Gasteiger partial charge in [0.2, 0.25) is 0 Å². The van der Waals surface area contributed by atoms with E-state index in [2.05, 4.69) is 39.8 Å². The van der Waals surface area contributed by atoms with E-state index in [1.165, 1.54) is 50.8 Å². The first kappa shape index (κ1) is 16.6. The summed E-state index contributed by atoms with van der Waals surface area (Å²) in [5.41, 5.74) is 1.91. The lowest BCUT2D eigenvalue weighted by atomic mass is 9.73. The highest BCUT2D eigenvalue weighted by molar-refractivity contribution is 5.17. The van der Waals surface area contributed by atoms with Crippen LogP contribution in [0.25, 0.3) is 0 Å². The summed E-state index contributed by atoms with van der Waals surface area (Å²) in [6, 6.07) is 8.79. The van der Waals surface area contributed by atoms with Crippen molar-refractivity contribution in [1.82, 2.24) is 14.5 Å². The number of rotatable bonds is 5. The third-order valence-electron chi connectivity index (χ3n) is 6.15. The second kappa shape index (κ2) is 7.20. The van der Waals surface area contributed by atoms with Crippen LogP contribution in [0.4, 0.5) is 0 Å². The van der Waals surface area contributed by atoms with Gasteiger partial charge in [0.15, 0.2) is 0 Å². The Morgan fingerprint density at radius 3 is 2.68 bits per heavy atom. The van der Waals surface area contributed by atoms with Gasteiger partial charge in [0.05, 0.1) is 0 Å². The van der Waals surface area contributed by atoms with E-state index in [4.69, 9.17) is 4.74 Å². The number of aromatic nitrogens is 2. The number of pyridine rings is 1. The normalized spacial score (nSPS) is 23.2. The minimum Gasteiger partial charge on any atom is -0.492 e. The number of likely N-dealkylation sites (tertiary alicyclic amines) is 1. The molecule has 0 aromatic carbocycles. The lowest BCUT2D eigenvalue weighted by molar-refractivity contribution is 0.157. The average Bonchev–Trinajstić information content (AvgIpc) is 3.19. The van der Waals surface area contributed by atoms with E-state index in [1.807, 2.05) is 12.1 Å². The van der Waals surface area contributed by atoms with Gasteiger partial charge in [0, 0.05) is 50.5 Å². The second-order valence-corrected chi connectivity index (χ2v) is 7.93. The standard InChI is InChI=1S/C21H29N3O/c1-23-13-5-6-18(23)15-24-17-21(9-3-2-4-10-21)14-19(24)16-25-20-7-11-22-12-8-20/h5-8,11-13,19H,2-4,9-10,14-17H2,1H3. The zero-order valence-corrected chi connectivity index (χ0v) is 15.2. The van der Waals surface area contributed by atoms with Crippen LogP contribution < -0.4 is 4.74 Å². The Hall–Kier alpha value is -1.81. The minimum absolute atomic E-state index is 0.501. The average molecular weight is 339 g/mol. The number of ether oxygens (including phenoxy) is 1. The molecule has 2 fully saturated rings. The molecule has 1 unspecified atom stereocenters. The van der Waals surface area contributed by atoms with Gasteiger partial charge in [-0.2, -0.15) is 0 Å². The highest BCUT2D eigenvalue weighted by atomic mass is 16.5. The molecule has 0 radical (unpaired) electrons. The molecule has 0 bridgehead atoms. The van der Waals surface area contributed by atoms with E-state index in [1.54, 1.807) is 12.4 Å². The summed E-state index contributed by atoms with van der Waals surface area (Å²) in [4.78, 5) is 6.74. The Morgan fingerprint density at radius 2 is 1.96 bits per heavy atom. The van der Waals surface area contributed by atoms with Gasteiger partial charge in [-0.3, -0.25) is 9.88 Å². The lowest BCUT2D eigenvalue weighted by Crippen LogP contribution is -2.34. The number of hydrogen-bond acceptors (Lipinski definition) is 3. The quantitative estimate of drug-likeness (QED) is 0.824. The maximum Gasteiger partial charge on any atom is 0.122 e. The third kappa shape index (κ3) is 3.74. The van der Waals surface area contributed by atoms with Gasteiger partial charge in [-0.1, -0.05) is 19.3 Å². The van der Waals surface area contributed by atoms with E-state index in [-0.39, 0.29) is 0 Å². The molecule has 4 nitrogen and oxygen atoms in total. The van der Waals surface area contributed by atoms with Gasteiger partial charge >= 0.3 is 0 Å². The van der Waals surface area contributed by atoms with E-state index in [0.29, 0.717) is 11.5 Å². The molecule has 2 aromatic heterocycles. The van der Waals surface area contributed by atoms with Crippen LogP contribution in [0.5, 0.6) is 5.75 Å². The Labute approximate surface area is 150 Å². The van der Waals surface area contributed by atoms with Crippen molar-refractivity contribution in [2.75, 3.05) is 13.2 Å². The number of aryl methyl sites for hydroxylation is 1. The third-order valence-corrected chi connectivity index (χ3v) is 6.15. The van der Waals surface area contributed by atoms with Crippen molar-refractivity contribution in [2.45, 2.75) is 51.1 Å². The van der Waals surface area contributed by atoms with Crippen LogP contribution in [-0.2, 0) is 13.6 Å². The largest absolute Gasteiger partial charge is 0.492 e. The zero-order valence-electron chi connectivity index (χ0n) is 15.2. The predicted molar refractivity (Wildman–Crippen MR) is 99.5 cm³/mol. The van der Waals surface area contributed by atoms with Crippen molar-refractivity contribution >= 4 is 0 Å². The molecule has 1 spiro atoms. The van der Waals surface area contributed by atoms with Crippen LogP contribution in [0.3, 0.4) is 0 Å². The Balaban J connectivity index is 1.47. The van der Waals surface area contributed by atoms with Gasteiger partial charge < -0.3 is 9.30 Å². The van der Waals surface area contributed by atoms with Gasteiger partial charge in [0.25, 0.3) is 0 Å². The highest BCUT2D eigenvalue weighted by Crippen LogP contribution is 2.46. The van der Waals surface area contributed by atoms with Crippen molar-refractivity contribution < 1.29 is 4.74 Å². The fourth-order valence-electron chi connectivity index (χ4n) is 4.76. The Bertz CT molecular complexity index is 675. The molecule has 1 aliphatic heterocycles. The number of hydrogen-bond donors (Lipinski definition) is 0. The zero-order chi connectivity index (χ0) is 17.1. The summed E-state index contributed by atoms with van der Waals surface area (Å²) < 4.78 is 8.36. The molecule has 4 heteroatoms.